The van der Waals surface area contributed by atoms with Gasteiger partial charge in [0, 0.05) is 13.1 Å². The average molecular weight is 329 g/mol. The van der Waals surface area contributed by atoms with Gasteiger partial charge in [-0.3, -0.25) is 4.79 Å². The first-order valence-corrected chi connectivity index (χ1v) is 8.33. The lowest BCUT2D eigenvalue weighted by Gasteiger charge is -2.26. The summed E-state index contributed by atoms with van der Waals surface area (Å²) in [7, 11) is 1.64. The van der Waals surface area contributed by atoms with Crippen molar-refractivity contribution in [1.29, 1.82) is 0 Å². The van der Waals surface area contributed by atoms with Gasteiger partial charge in [-0.1, -0.05) is 13.3 Å². The van der Waals surface area contributed by atoms with Gasteiger partial charge in [0.15, 0.2) is 0 Å². The van der Waals surface area contributed by atoms with Crippen LogP contribution in [0.15, 0.2) is 30.5 Å². The zero-order chi connectivity index (χ0) is 16.9. The summed E-state index contributed by atoms with van der Waals surface area (Å²) in [5.41, 5.74) is 2.58. The van der Waals surface area contributed by atoms with Crippen LogP contribution in [0.25, 0.3) is 5.69 Å². The Kier molecular flexibility index (Phi) is 5.15. The number of hydrogen-bond donors (Lipinski definition) is 0. The van der Waals surface area contributed by atoms with Crippen molar-refractivity contribution in [3.8, 4) is 11.4 Å². The molecule has 0 radical (unpaired) electrons. The zero-order valence-electron chi connectivity index (χ0n) is 14.2. The molecule has 1 fully saturated rings. The predicted molar refractivity (Wildman–Crippen MR) is 90.8 cm³/mol. The number of rotatable bonds is 5. The van der Waals surface area contributed by atoms with E-state index in [0.717, 1.165) is 30.0 Å². The van der Waals surface area contributed by atoms with Gasteiger partial charge in [0.2, 0.25) is 0 Å². The quantitative estimate of drug-likeness (QED) is 0.845. The molecule has 2 aromatic rings. The number of methoxy groups -OCH3 is 1. The molecule has 0 atom stereocenters. The molecule has 0 aliphatic carbocycles. The highest BCUT2D eigenvalue weighted by atomic mass is 16.5. The van der Waals surface area contributed by atoms with Crippen molar-refractivity contribution in [2.24, 2.45) is 0 Å². The van der Waals surface area contributed by atoms with E-state index in [1.54, 1.807) is 13.3 Å². The molecule has 0 bridgehead atoms. The van der Waals surface area contributed by atoms with Crippen molar-refractivity contribution in [2.45, 2.75) is 19.8 Å². The first-order chi connectivity index (χ1) is 11.7. The summed E-state index contributed by atoms with van der Waals surface area (Å²) in [6.07, 6.45) is 3.44. The summed E-state index contributed by atoms with van der Waals surface area (Å²) < 4.78 is 12.4. The fraction of sp³-hybridized carbons (Fsp3) is 0.444. The van der Waals surface area contributed by atoms with Crippen molar-refractivity contribution in [3.05, 3.63) is 41.7 Å². The van der Waals surface area contributed by atoms with Crippen molar-refractivity contribution < 1.29 is 14.3 Å². The van der Waals surface area contributed by atoms with Crippen molar-refractivity contribution in [1.82, 2.24) is 14.7 Å². The Hall–Kier alpha value is -2.34. The molecule has 1 amide bonds. The van der Waals surface area contributed by atoms with Gasteiger partial charge in [0.1, 0.15) is 5.75 Å². The molecule has 2 heterocycles. The van der Waals surface area contributed by atoms with Crippen LogP contribution < -0.4 is 4.74 Å². The van der Waals surface area contributed by atoms with Crippen molar-refractivity contribution in [3.63, 3.8) is 0 Å². The molecule has 1 aromatic carbocycles. The summed E-state index contributed by atoms with van der Waals surface area (Å²) in [6, 6.07) is 7.70. The topological polar surface area (TPSA) is 56.6 Å². The Morgan fingerprint density at radius 3 is 2.58 bits per heavy atom. The van der Waals surface area contributed by atoms with Gasteiger partial charge in [-0.05, 0) is 30.7 Å². The van der Waals surface area contributed by atoms with Crippen LogP contribution in [0.4, 0.5) is 0 Å². The number of morpholine rings is 1. The highest BCUT2D eigenvalue weighted by Crippen LogP contribution is 2.21. The van der Waals surface area contributed by atoms with E-state index in [1.807, 2.05) is 33.8 Å². The lowest BCUT2D eigenvalue weighted by atomic mass is 10.1. The van der Waals surface area contributed by atoms with Crippen LogP contribution in [0, 0.1) is 0 Å². The van der Waals surface area contributed by atoms with E-state index in [2.05, 4.69) is 12.0 Å². The molecule has 1 aliphatic heterocycles. The molecular weight excluding hydrogens is 306 g/mol. The first-order valence-electron chi connectivity index (χ1n) is 8.33. The Morgan fingerprint density at radius 1 is 1.25 bits per heavy atom. The summed E-state index contributed by atoms with van der Waals surface area (Å²) >= 11 is 0. The number of aromatic nitrogens is 2. The van der Waals surface area contributed by atoms with Crippen molar-refractivity contribution in [2.75, 3.05) is 33.4 Å². The van der Waals surface area contributed by atoms with E-state index < -0.39 is 0 Å². The Morgan fingerprint density at radius 2 is 1.96 bits per heavy atom. The molecule has 0 unspecified atom stereocenters. The van der Waals surface area contributed by atoms with E-state index in [1.165, 1.54) is 0 Å². The van der Waals surface area contributed by atoms with Gasteiger partial charge in [0.05, 0.1) is 43.5 Å². The molecule has 128 valence electrons. The normalized spacial score (nSPS) is 14.7. The van der Waals surface area contributed by atoms with E-state index >= 15 is 0 Å². The number of amides is 1. The molecular formula is C18H23N3O3. The SMILES string of the molecule is CCCc1c(C(=O)N2CCOCC2)cnn1-c1ccc(OC)cc1. The van der Waals surface area contributed by atoms with Gasteiger partial charge in [0.25, 0.3) is 5.91 Å². The Bertz CT molecular complexity index is 688. The zero-order valence-corrected chi connectivity index (χ0v) is 14.2. The van der Waals surface area contributed by atoms with Crippen LogP contribution in [0.5, 0.6) is 5.75 Å². The van der Waals surface area contributed by atoms with Gasteiger partial charge in [-0.2, -0.15) is 5.10 Å². The third kappa shape index (κ3) is 3.28. The highest BCUT2D eigenvalue weighted by Gasteiger charge is 2.24. The maximum Gasteiger partial charge on any atom is 0.257 e. The van der Waals surface area contributed by atoms with Gasteiger partial charge < -0.3 is 14.4 Å². The maximum absolute atomic E-state index is 12.8. The number of carbonyl (C=O) groups excluding carboxylic acids is 1. The largest absolute Gasteiger partial charge is 0.497 e. The van der Waals surface area contributed by atoms with Crippen molar-refractivity contribution >= 4 is 5.91 Å². The number of hydrogen-bond acceptors (Lipinski definition) is 4. The molecule has 6 heteroatoms. The lowest BCUT2D eigenvalue weighted by molar-refractivity contribution is 0.0302. The van der Waals surface area contributed by atoms with Crippen LogP contribution in [-0.4, -0.2) is 54.0 Å². The molecule has 1 aliphatic rings. The van der Waals surface area contributed by atoms with Crippen LogP contribution in [0.2, 0.25) is 0 Å². The third-order valence-electron chi connectivity index (χ3n) is 4.20. The number of nitrogens with zero attached hydrogens (tertiary/aromatic N) is 3. The monoisotopic (exact) mass is 329 g/mol. The van der Waals surface area contributed by atoms with E-state index in [9.17, 15) is 4.79 Å². The van der Waals surface area contributed by atoms with Gasteiger partial charge in [-0.15, -0.1) is 0 Å². The standard InChI is InChI=1S/C18H23N3O3/c1-3-4-17-16(18(22)20-9-11-24-12-10-20)13-19-21(17)14-5-7-15(23-2)8-6-14/h5-8,13H,3-4,9-12H2,1-2H3. The summed E-state index contributed by atoms with van der Waals surface area (Å²) in [6.45, 7) is 4.58. The molecule has 1 saturated heterocycles. The second kappa shape index (κ2) is 7.49. The predicted octanol–water partition coefficient (Wildman–Crippen LogP) is 2.31. The van der Waals surface area contributed by atoms with E-state index in [4.69, 9.17) is 9.47 Å². The lowest BCUT2D eigenvalue weighted by Crippen LogP contribution is -2.40. The minimum atomic E-state index is 0.0431. The number of benzene rings is 1. The van der Waals surface area contributed by atoms with Crippen LogP contribution >= 0.6 is 0 Å². The summed E-state index contributed by atoms with van der Waals surface area (Å²) in [5.74, 6) is 0.842. The number of ether oxygens (including phenoxy) is 2. The molecule has 0 spiro atoms. The number of carbonyl (C=O) groups is 1. The van der Waals surface area contributed by atoms with Gasteiger partial charge >= 0.3 is 0 Å². The van der Waals surface area contributed by atoms with Crippen LogP contribution in [-0.2, 0) is 11.2 Å². The molecule has 3 rings (SSSR count). The van der Waals surface area contributed by atoms with Crippen LogP contribution in [0.3, 0.4) is 0 Å². The van der Waals surface area contributed by atoms with Crippen LogP contribution in [0.1, 0.15) is 29.4 Å². The summed E-state index contributed by atoms with van der Waals surface area (Å²) in [5, 5.41) is 4.47. The fourth-order valence-electron chi connectivity index (χ4n) is 2.91. The third-order valence-corrected chi connectivity index (χ3v) is 4.20. The molecule has 1 aromatic heterocycles. The summed E-state index contributed by atoms with van der Waals surface area (Å²) in [4.78, 5) is 14.7. The average Bonchev–Trinajstić information content (AvgIpc) is 3.06. The molecule has 24 heavy (non-hydrogen) atoms. The second-order valence-corrected chi connectivity index (χ2v) is 5.77. The highest BCUT2D eigenvalue weighted by molar-refractivity contribution is 5.95. The smallest absolute Gasteiger partial charge is 0.257 e. The minimum Gasteiger partial charge on any atom is -0.497 e. The molecule has 0 N–H and O–H groups in total. The van der Waals surface area contributed by atoms with E-state index in [0.29, 0.717) is 31.9 Å². The fourth-order valence-corrected chi connectivity index (χ4v) is 2.91. The van der Waals surface area contributed by atoms with Gasteiger partial charge in [-0.25, -0.2) is 4.68 Å². The van der Waals surface area contributed by atoms with E-state index in [-0.39, 0.29) is 5.91 Å². The molecule has 0 saturated carbocycles. The Balaban J connectivity index is 1.92. The Labute approximate surface area is 142 Å². The maximum atomic E-state index is 12.8. The first kappa shape index (κ1) is 16.5. The minimum absolute atomic E-state index is 0.0431. The second-order valence-electron chi connectivity index (χ2n) is 5.77. The molecule has 6 nitrogen and oxygen atoms in total.